The van der Waals surface area contributed by atoms with Gasteiger partial charge < -0.3 is 18.3 Å². The van der Waals surface area contributed by atoms with E-state index in [1.807, 2.05) is 0 Å². The number of Topliss-reactive ketones (excluding diaryl/α,β-unsaturated/α-hetero) is 1. The maximum Gasteiger partial charge on any atom is 0.374 e. The van der Waals surface area contributed by atoms with Gasteiger partial charge >= 0.3 is 11.9 Å². The highest BCUT2D eigenvalue weighted by Gasteiger charge is 2.16. The normalized spacial score (nSPS) is 10.4. The van der Waals surface area contributed by atoms with Gasteiger partial charge in [-0.3, -0.25) is 4.79 Å². The fourth-order valence-electron chi connectivity index (χ4n) is 2.35. The molecule has 0 aliphatic heterocycles. The summed E-state index contributed by atoms with van der Waals surface area (Å²) in [6, 6.07) is 12.9. The van der Waals surface area contributed by atoms with E-state index in [9.17, 15) is 14.4 Å². The number of carbonyl (C=O) groups is 3. The zero-order valence-corrected chi connectivity index (χ0v) is 14.7. The van der Waals surface area contributed by atoms with Crippen LogP contribution in [0.25, 0.3) is 11.3 Å². The van der Waals surface area contributed by atoms with Gasteiger partial charge in [-0.1, -0.05) is 24.3 Å². The lowest BCUT2D eigenvalue weighted by Gasteiger charge is -2.01. The van der Waals surface area contributed by atoms with E-state index in [1.165, 1.54) is 32.2 Å². The Balaban J connectivity index is 1.63. The first-order chi connectivity index (χ1) is 13.0. The Labute approximate surface area is 154 Å². The summed E-state index contributed by atoms with van der Waals surface area (Å²) in [5.41, 5.74) is 1.32. The topological polar surface area (TPSA) is 96.0 Å². The Hall–Kier alpha value is -3.61. The van der Waals surface area contributed by atoms with Crippen molar-refractivity contribution in [3.63, 3.8) is 0 Å². The molecule has 0 fully saturated rings. The van der Waals surface area contributed by atoms with E-state index in [0.29, 0.717) is 17.1 Å². The number of carbonyl (C=O) groups excluding carboxylic acids is 3. The summed E-state index contributed by atoms with van der Waals surface area (Å²) in [6.07, 6.45) is 0. The van der Waals surface area contributed by atoms with Gasteiger partial charge in [0.15, 0.2) is 5.78 Å². The number of benzene rings is 1. The lowest BCUT2D eigenvalue weighted by atomic mass is 10.1. The fraction of sp³-hybridized carbons (Fsp3) is 0.150. The van der Waals surface area contributed by atoms with Crippen LogP contribution in [0, 0.1) is 0 Å². The maximum absolute atomic E-state index is 12.1. The molecule has 7 heteroatoms. The van der Waals surface area contributed by atoms with Crippen molar-refractivity contribution < 1.29 is 32.7 Å². The van der Waals surface area contributed by atoms with Gasteiger partial charge in [0, 0.05) is 11.1 Å². The van der Waals surface area contributed by atoms with Gasteiger partial charge in [0.25, 0.3) is 0 Å². The van der Waals surface area contributed by atoms with E-state index in [0.717, 1.165) is 5.56 Å². The van der Waals surface area contributed by atoms with Crippen LogP contribution in [0.4, 0.5) is 0 Å². The Morgan fingerprint density at radius 2 is 1.52 bits per heavy atom. The molecule has 0 saturated carbocycles. The predicted octanol–water partition coefficient (Wildman–Crippen LogP) is 3.89. The first kappa shape index (κ1) is 18.2. The van der Waals surface area contributed by atoms with Crippen LogP contribution in [-0.4, -0.2) is 24.8 Å². The van der Waals surface area contributed by atoms with Crippen LogP contribution in [0.5, 0.6) is 0 Å². The standard InChI is InChI=1S/C20H16O7/c1-12(21)13-3-5-14(6-4-13)16-9-10-18(27-16)20(23)25-11-15-7-8-17(26-15)19(22)24-2/h3-10H,11H2,1-2H3. The minimum absolute atomic E-state index is 0.0258. The molecule has 0 bridgehead atoms. The van der Waals surface area contributed by atoms with Crippen molar-refractivity contribution in [2.24, 2.45) is 0 Å². The van der Waals surface area contributed by atoms with Gasteiger partial charge in [0.05, 0.1) is 7.11 Å². The minimum Gasteiger partial charge on any atom is -0.463 e. The summed E-state index contributed by atoms with van der Waals surface area (Å²) in [5, 5.41) is 0. The van der Waals surface area contributed by atoms with Crippen LogP contribution < -0.4 is 0 Å². The van der Waals surface area contributed by atoms with E-state index < -0.39 is 11.9 Å². The summed E-state index contributed by atoms with van der Waals surface area (Å²) >= 11 is 0. The number of ether oxygens (including phenoxy) is 2. The molecule has 27 heavy (non-hydrogen) atoms. The molecule has 138 valence electrons. The molecule has 2 aromatic heterocycles. The van der Waals surface area contributed by atoms with Crippen molar-refractivity contribution in [3.8, 4) is 11.3 Å². The maximum atomic E-state index is 12.1. The Morgan fingerprint density at radius 1 is 0.852 bits per heavy atom. The van der Waals surface area contributed by atoms with E-state index in [2.05, 4.69) is 4.74 Å². The summed E-state index contributed by atoms with van der Waals surface area (Å²) in [6.45, 7) is 1.34. The van der Waals surface area contributed by atoms with E-state index in [-0.39, 0.29) is 23.9 Å². The smallest absolute Gasteiger partial charge is 0.374 e. The highest BCUT2D eigenvalue weighted by atomic mass is 16.6. The number of ketones is 1. The van der Waals surface area contributed by atoms with E-state index in [1.54, 1.807) is 30.3 Å². The van der Waals surface area contributed by atoms with Crippen molar-refractivity contribution in [1.29, 1.82) is 0 Å². The second-order valence-electron chi connectivity index (χ2n) is 5.63. The second kappa shape index (κ2) is 7.74. The lowest BCUT2D eigenvalue weighted by molar-refractivity contribution is 0.0404. The highest BCUT2D eigenvalue weighted by molar-refractivity contribution is 5.94. The third-order valence-electron chi connectivity index (χ3n) is 3.78. The molecular formula is C20H16O7. The molecule has 7 nitrogen and oxygen atoms in total. The molecule has 0 amide bonds. The second-order valence-corrected chi connectivity index (χ2v) is 5.63. The number of rotatable bonds is 6. The molecule has 0 spiro atoms. The van der Waals surface area contributed by atoms with E-state index >= 15 is 0 Å². The zero-order chi connectivity index (χ0) is 19.4. The number of furan rings is 2. The molecule has 0 aliphatic rings. The SMILES string of the molecule is COC(=O)c1ccc(COC(=O)c2ccc(-c3ccc(C(C)=O)cc3)o2)o1. The number of esters is 2. The van der Waals surface area contributed by atoms with Crippen LogP contribution >= 0.6 is 0 Å². The summed E-state index contributed by atoms with van der Waals surface area (Å²) in [7, 11) is 1.24. The third-order valence-corrected chi connectivity index (χ3v) is 3.78. The Kier molecular flexibility index (Phi) is 5.21. The van der Waals surface area contributed by atoms with Gasteiger partial charge in [-0.25, -0.2) is 9.59 Å². The van der Waals surface area contributed by atoms with Crippen molar-refractivity contribution in [2.45, 2.75) is 13.5 Å². The number of methoxy groups -OCH3 is 1. The summed E-state index contributed by atoms with van der Waals surface area (Å²) in [5.74, 6) is -0.480. The van der Waals surface area contributed by atoms with Crippen molar-refractivity contribution >= 4 is 17.7 Å². The van der Waals surface area contributed by atoms with Crippen molar-refractivity contribution in [3.05, 3.63) is 71.4 Å². The lowest BCUT2D eigenvalue weighted by Crippen LogP contribution is -2.03. The molecule has 0 N–H and O–H groups in total. The van der Waals surface area contributed by atoms with Crippen LogP contribution in [0.3, 0.4) is 0 Å². The van der Waals surface area contributed by atoms with Crippen molar-refractivity contribution in [1.82, 2.24) is 0 Å². The molecule has 0 saturated heterocycles. The van der Waals surface area contributed by atoms with Crippen LogP contribution in [0.1, 0.15) is 44.2 Å². The van der Waals surface area contributed by atoms with Gasteiger partial charge in [-0.15, -0.1) is 0 Å². The molecule has 1 aromatic carbocycles. The largest absolute Gasteiger partial charge is 0.463 e. The van der Waals surface area contributed by atoms with Gasteiger partial charge in [-0.05, 0) is 31.2 Å². The molecular weight excluding hydrogens is 352 g/mol. The molecule has 0 aliphatic carbocycles. The summed E-state index contributed by atoms with van der Waals surface area (Å²) in [4.78, 5) is 34.7. The van der Waals surface area contributed by atoms with E-state index in [4.69, 9.17) is 13.6 Å². The first-order valence-corrected chi connectivity index (χ1v) is 8.03. The predicted molar refractivity (Wildman–Crippen MR) is 93.3 cm³/mol. The minimum atomic E-state index is -0.669. The number of hydrogen-bond donors (Lipinski definition) is 0. The Bertz CT molecular complexity index is 976. The zero-order valence-electron chi connectivity index (χ0n) is 14.7. The molecule has 0 atom stereocenters. The Morgan fingerprint density at radius 3 is 2.19 bits per heavy atom. The fourth-order valence-corrected chi connectivity index (χ4v) is 2.35. The average Bonchev–Trinajstić information content (AvgIpc) is 3.35. The van der Waals surface area contributed by atoms with Gasteiger partial charge in [0.1, 0.15) is 18.1 Å². The molecule has 0 unspecified atom stereocenters. The van der Waals surface area contributed by atoms with Crippen LogP contribution in [-0.2, 0) is 16.1 Å². The first-order valence-electron chi connectivity index (χ1n) is 8.03. The number of hydrogen-bond acceptors (Lipinski definition) is 7. The molecule has 0 radical (unpaired) electrons. The van der Waals surface area contributed by atoms with Gasteiger partial charge in [-0.2, -0.15) is 0 Å². The molecule has 2 heterocycles. The van der Waals surface area contributed by atoms with Crippen LogP contribution in [0.2, 0.25) is 0 Å². The summed E-state index contributed by atoms with van der Waals surface area (Å²) < 4.78 is 20.4. The van der Waals surface area contributed by atoms with Crippen LogP contribution in [0.15, 0.2) is 57.4 Å². The third kappa shape index (κ3) is 4.14. The highest BCUT2D eigenvalue weighted by Crippen LogP contribution is 2.23. The quantitative estimate of drug-likeness (QED) is 0.481. The van der Waals surface area contributed by atoms with Crippen molar-refractivity contribution in [2.75, 3.05) is 7.11 Å². The molecule has 3 aromatic rings. The molecule has 3 rings (SSSR count). The van der Waals surface area contributed by atoms with Gasteiger partial charge in [0.2, 0.25) is 11.5 Å². The monoisotopic (exact) mass is 368 g/mol. The average molecular weight is 368 g/mol.